The van der Waals surface area contributed by atoms with Crippen molar-refractivity contribution in [3.8, 4) is 0 Å². The molecule has 3 heteroatoms. The maximum atomic E-state index is 11.4. The molecule has 0 heterocycles. The number of carbonyl (C=O) groups excluding carboxylic acids is 1. The molecule has 1 rings (SSSR count). The fourth-order valence-electron chi connectivity index (χ4n) is 2.30. The molecule has 3 atom stereocenters. The van der Waals surface area contributed by atoms with Crippen molar-refractivity contribution >= 4 is 5.97 Å². The summed E-state index contributed by atoms with van der Waals surface area (Å²) in [7, 11) is 0. The molecule has 1 N–H and O–H groups in total. The van der Waals surface area contributed by atoms with Gasteiger partial charge in [-0.3, -0.25) is 4.79 Å². The second-order valence-electron chi connectivity index (χ2n) is 4.50. The summed E-state index contributed by atoms with van der Waals surface area (Å²) in [6.07, 6.45) is 4.78. The maximum Gasteiger partial charge on any atom is 0.308 e. The van der Waals surface area contributed by atoms with Crippen molar-refractivity contribution in [2.45, 2.75) is 52.1 Å². The average Bonchev–Trinajstić information content (AvgIpc) is 2.21. The number of carbonyl (C=O) groups is 1. The van der Waals surface area contributed by atoms with Crippen molar-refractivity contribution in [2.24, 2.45) is 11.8 Å². The maximum absolute atomic E-state index is 11.4. The third-order valence-corrected chi connectivity index (χ3v) is 3.21. The highest BCUT2D eigenvalue weighted by Gasteiger charge is 2.27. The second kappa shape index (κ2) is 6.11. The summed E-state index contributed by atoms with van der Waals surface area (Å²) in [5, 5.41) is 9.78. The van der Waals surface area contributed by atoms with Gasteiger partial charge in [0, 0.05) is 0 Å². The van der Waals surface area contributed by atoms with E-state index in [0.29, 0.717) is 6.61 Å². The average molecular weight is 214 g/mol. The quantitative estimate of drug-likeness (QED) is 0.729. The Kier molecular flexibility index (Phi) is 5.09. The Balaban J connectivity index is 2.35. The Morgan fingerprint density at radius 1 is 1.47 bits per heavy atom. The zero-order valence-electron chi connectivity index (χ0n) is 9.74. The molecule has 0 radical (unpaired) electrons. The SMILES string of the molecule is CCOC(=O)C(C)CC1CCCCC1O. The molecule has 3 nitrogen and oxygen atoms in total. The van der Waals surface area contributed by atoms with Gasteiger partial charge in [0.15, 0.2) is 0 Å². The van der Waals surface area contributed by atoms with Crippen molar-refractivity contribution in [3.05, 3.63) is 0 Å². The van der Waals surface area contributed by atoms with Crippen LogP contribution in [0.5, 0.6) is 0 Å². The van der Waals surface area contributed by atoms with Gasteiger partial charge in [0.05, 0.1) is 18.6 Å². The highest BCUT2D eigenvalue weighted by atomic mass is 16.5. The largest absolute Gasteiger partial charge is 0.466 e. The number of esters is 1. The third-order valence-electron chi connectivity index (χ3n) is 3.21. The molecule has 3 unspecified atom stereocenters. The van der Waals surface area contributed by atoms with Gasteiger partial charge in [-0.25, -0.2) is 0 Å². The lowest BCUT2D eigenvalue weighted by molar-refractivity contribution is -0.148. The topological polar surface area (TPSA) is 46.5 Å². The van der Waals surface area contributed by atoms with E-state index >= 15 is 0 Å². The van der Waals surface area contributed by atoms with Crippen LogP contribution in [0.1, 0.15) is 46.0 Å². The predicted molar refractivity (Wildman–Crippen MR) is 58.4 cm³/mol. The summed E-state index contributed by atoms with van der Waals surface area (Å²) in [4.78, 5) is 11.4. The van der Waals surface area contributed by atoms with Gasteiger partial charge >= 0.3 is 5.97 Å². The van der Waals surface area contributed by atoms with E-state index in [9.17, 15) is 9.90 Å². The van der Waals surface area contributed by atoms with Crippen LogP contribution in [0.15, 0.2) is 0 Å². The lowest BCUT2D eigenvalue weighted by Crippen LogP contribution is -2.28. The summed E-state index contributed by atoms with van der Waals surface area (Å²) in [6.45, 7) is 4.15. The summed E-state index contributed by atoms with van der Waals surface area (Å²) in [5.41, 5.74) is 0. The molecule has 0 saturated heterocycles. The molecule has 0 bridgehead atoms. The van der Waals surface area contributed by atoms with E-state index in [1.807, 2.05) is 13.8 Å². The number of rotatable bonds is 4. The highest BCUT2D eigenvalue weighted by Crippen LogP contribution is 2.29. The lowest BCUT2D eigenvalue weighted by Gasteiger charge is -2.29. The Morgan fingerprint density at radius 2 is 2.13 bits per heavy atom. The highest BCUT2D eigenvalue weighted by molar-refractivity contribution is 5.71. The van der Waals surface area contributed by atoms with Crippen molar-refractivity contribution in [2.75, 3.05) is 6.61 Å². The van der Waals surface area contributed by atoms with Crippen LogP contribution < -0.4 is 0 Å². The van der Waals surface area contributed by atoms with Crippen molar-refractivity contribution in [1.29, 1.82) is 0 Å². The number of hydrogen-bond acceptors (Lipinski definition) is 3. The minimum absolute atomic E-state index is 0.0808. The smallest absolute Gasteiger partial charge is 0.308 e. The fourth-order valence-corrected chi connectivity index (χ4v) is 2.30. The molecule has 1 aliphatic rings. The third kappa shape index (κ3) is 3.82. The number of ether oxygens (including phenoxy) is 1. The first-order chi connectivity index (χ1) is 7.15. The molecule has 0 aromatic rings. The van der Waals surface area contributed by atoms with E-state index in [0.717, 1.165) is 25.7 Å². The molecular formula is C12H22O3. The first-order valence-electron chi connectivity index (χ1n) is 5.99. The Morgan fingerprint density at radius 3 is 2.73 bits per heavy atom. The van der Waals surface area contributed by atoms with Gasteiger partial charge < -0.3 is 9.84 Å². The van der Waals surface area contributed by atoms with E-state index in [1.54, 1.807) is 0 Å². The molecule has 88 valence electrons. The van der Waals surface area contributed by atoms with Crippen LogP contribution in [-0.4, -0.2) is 23.8 Å². The van der Waals surface area contributed by atoms with Crippen LogP contribution in [0, 0.1) is 11.8 Å². The molecule has 1 fully saturated rings. The first kappa shape index (κ1) is 12.5. The standard InChI is InChI=1S/C12H22O3/c1-3-15-12(14)9(2)8-10-6-4-5-7-11(10)13/h9-11,13H,3-8H2,1-2H3. The zero-order valence-corrected chi connectivity index (χ0v) is 9.74. The van der Waals surface area contributed by atoms with Gasteiger partial charge in [-0.15, -0.1) is 0 Å². The van der Waals surface area contributed by atoms with E-state index in [1.165, 1.54) is 6.42 Å². The Bertz CT molecular complexity index is 203. The van der Waals surface area contributed by atoms with E-state index in [4.69, 9.17) is 4.74 Å². The van der Waals surface area contributed by atoms with Crippen molar-refractivity contribution in [3.63, 3.8) is 0 Å². The van der Waals surface area contributed by atoms with E-state index in [2.05, 4.69) is 0 Å². The summed E-state index contributed by atoms with van der Waals surface area (Å²) < 4.78 is 4.96. The molecule has 0 amide bonds. The van der Waals surface area contributed by atoms with Gasteiger partial charge in [0.1, 0.15) is 0 Å². The molecule has 1 aliphatic carbocycles. The summed E-state index contributed by atoms with van der Waals surface area (Å²) in [6, 6.07) is 0. The first-order valence-corrected chi connectivity index (χ1v) is 5.99. The van der Waals surface area contributed by atoms with E-state index < -0.39 is 0 Å². The fraction of sp³-hybridized carbons (Fsp3) is 0.917. The minimum atomic E-state index is -0.212. The zero-order chi connectivity index (χ0) is 11.3. The molecule has 1 saturated carbocycles. The van der Waals surface area contributed by atoms with Crippen LogP contribution in [-0.2, 0) is 9.53 Å². The van der Waals surface area contributed by atoms with Gasteiger partial charge in [0.2, 0.25) is 0 Å². The van der Waals surface area contributed by atoms with Crippen molar-refractivity contribution in [1.82, 2.24) is 0 Å². The second-order valence-corrected chi connectivity index (χ2v) is 4.50. The predicted octanol–water partition coefficient (Wildman–Crippen LogP) is 2.13. The minimum Gasteiger partial charge on any atom is -0.466 e. The van der Waals surface area contributed by atoms with Crippen LogP contribution in [0.3, 0.4) is 0 Å². The lowest BCUT2D eigenvalue weighted by atomic mass is 9.81. The van der Waals surface area contributed by atoms with E-state index in [-0.39, 0.29) is 23.9 Å². The van der Waals surface area contributed by atoms with Gasteiger partial charge in [-0.1, -0.05) is 19.8 Å². The van der Waals surface area contributed by atoms with Crippen molar-refractivity contribution < 1.29 is 14.6 Å². The molecule has 0 aliphatic heterocycles. The van der Waals surface area contributed by atoms with Gasteiger partial charge in [0.25, 0.3) is 0 Å². The molecule has 0 aromatic heterocycles. The van der Waals surface area contributed by atoms with Crippen LogP contribution in [0.25, 0.3) is 0 Å². The Hall–Kier alpha value is -0.570. The summed E-state index contributed by atoms with van der Waals surface area (Å²) >= 11 is 0. The molecule has 15 heavy (non-hydrogen) atoms. The van der Waals surface area contributed by atoms with Crippen LogP contribution in [0.2, 0.25) is 0 Å². The van der Waals surface area contributed by atoms with Gasteiger partial charge in [-0.2, -0.15) is 0 Å². The van der Waals surface area contributed by atoms with Crippen LogP contribution >= 0.6 is 0 Å². The normalized spacial score (nSPS) is 28.5. The number of aliphatic hydroxyl groups excluding tert-OH is 1. The van der Waals surface area contributed by atoms with Crippen LogP contribution in [0.4, 0.5) is 0 Å². The number of hydrogen-bond donors (Lipinski definition) is 1. The molecular weight excluding hydrogens is 192 g/mol. The molecule has 0 spiro atoms. The Labute approximate surface area is 91.8 Å². The molecule has 0 aromatic carbocycles. The number of aliphatic hydroxyl groups is 1. The summed E-state index contributed by atoms with van der Waals surface area (Å²) in [5.74, 6) is 0.0797. The monoisotopic (exact) mass is 214 g/mol. The van der Waals surface area contributed by atoms with Gasteiger partial charge in [-0.05, 0) is 32.1 Å².